The summed E-state index contributed by atoms with van der Waals surface area (Å²) < 4.78 is 2.93. The molecule has 0 saturated carbocycles. The summed E-state index contributed by atoms with van der Waals surface area (Å²) in [5.74, 6) is -0.00377. The second-order valence-corrected chi connectivity index (χ2v) is 6.66. The molecule has 1 heterocycles. The van der Waals surface area contributed by atoms with Gasteiger partial charge in [-0.1, -0.05) is 20.8 Å². The number of rotatable bonds is 5. The van der Waals surface area contributed by atoms with E-state index in [2.05, 4.69) is 55.9 Å². The van der Waals surface area contributed by atoms with Crippen LogP contribution in [0.2, 0.25) is 0 Å². The smallest absolute Gasteiger partial charge is 0.267 e. The highest BCUT2D eigenvalue weighted by Gasteiger charge is 2.19. The first-order valence-corrected chi connectivity index (χ1v) is 7.21. The first-order valence-electron chi connectivity index (χ1n) is 6.42. The van der Waals surface area contributed by atoms with E-state index in [0.717, 1.165) is 10.9 Å². The van der Waals surface area contributed by atoms with Crippen LogP contribution in [0.4, 0.5) is 0 Å². The molecule has 0 saturated heterocycles. The Kier molecular flexibility index (Phi) is 5.02. The molecule has 18 heavy (non-hydrogen) atoms. The molecule has 0 atom stereocenters. The van der Waals surface area contributed by atoms with E-state index in [-0.39, 0.29) is 17.4 Å². The molecule has 1 aromatic heterocycles. The van der Waals surface area contributed by atoms with Crippen LogP contribution in [-0.2, 0) is 0 Å². The van der Waals surface area contributed by atoms with E-state index in [9.17, 15) is 4.79 Å². The topological polar surface area (TPSA) is 34.0 Å². The number of hydrogen-bond acceptors (Lipinski definition) is 1. The molecule has 0 aromatic carbocycles. The summed E-state index contributed by atoms with van der Waals surface area (Å²) in [6, 6.07) is 2.14. The summed E-state index contributed by atoms with van der Waals surface area (Å²) in [4.78, 5) is 12.2. The minimum atomic E-state index is -0.00377. The van der Waals surface area contributed by atoms with Gasteiger partial charge in [0.05, 0.1) is 0 Å². The molecule has 1 rings (SSSR count). The van der Waals surface area contributed by atoms with Gasteiger partial charge in [0.1, 0.15) is 5.69 Å². The van der Waals surface area contributed by atoms with Crippen LogP contribution in [0.25, 0.3) is 0 Å². The third-order valence-electron chi connectivity index (χ3n) is 3.29. The predicted octanol–water partition coefficient (Wildman–Crippen LogP) is 4.00. The van der Waals surface area contributed by atoms with Crippen molar-refractivity contribution in [1.82, 2.24) is 9.88 Å². The molecule has 0 fully saturated rings. The van der Waals surface area contributed by atoms with Crippen LogP contribution in [0.1, 0.15) is 57.6 Å². The molecule has 0 unspecified atom stereocenters. The van der Waals surface area contributed by atoms with E-state index in [4.69, 9.17) is 0 Å². The minimum absolute atomic E-state index is 0.00377. The zero-order chi connectivity index (χ0) is 13.9. The molecular weight excluding hydrogens is 292 g/mol. The van der Waals surface area contributed by atoms with Gasteiger partial charge >= 0.3 is 0 Å². The molecule has 0 bridgehead atoms. The molecule has 0 spiro atoms. The Balaban J connectivity index is 2.79. The van der Waals surface area contributed by atoms with Crippen molar-refractivity contribution in [3.8, 4) is 0 Å². The van der Waals surface area contributed by atoms with Crippen LogP contribution >= 0.6 is 15.9 Å². The molecule has 3 nitrogen and oxygen atoms in total. The molecule has 4 heteroatoms. The highest BCUT2D eigenvalue weighted by Crippen LogP contribution is 2.21. The molecule has 1 amide bonds. The standard InChI is InChI=1S/C14H23BrN2O/c1-6-14(4,5)9-16-13(18)12-7-11(15)8-17(12)10(2)3/h7-8,10H,6,9H2,1-5H3,(H,16,18). The van der Waals surface area contributed by atoms with Crippen LogP contribution in [-0.4, -0.2) is 17.0 Å². The highest BCUT2D eigenvalue weighted by atomic mass is 79.9. The van der Waals surface area contributed by atoms with Crippen molar-refractivity contribution in [1.29, 1.82) is 0 Å². The van der Waals surface area contributed by atoms with Crippen molar-refractivity contribution in [3.63, 3.8) is 0 Å². The van der Waals surface area contributed by atoms with Gasteiger partial charge in [0.15, 0.2) is 0 Å². The average molecular weight is 315 g/mol. The Hall–Kier alpha value is -0.770. The lowest BCUT2D eigenvalue weighted by Gasteiger charge is -2.23. The van der Waals surface area contributed by atoms with Gasteiger partial charge in [-0.05, 0) is 47.7 Å². The third-order valence-corrected chi connectivity index (χ3v) is 3.72. The fourth-order valence-electron chi connectivity index (χ4n) is 1.59. The van der Waals surface area contributed by atoms with Crippen molar-refractivity contribution in [2.45, 2.75) is 47.1 Å². The van der Waals surface area contributed by atoms with Gasteiger partial charge in [-0.2, -0.15) is 0 Å². The van der Waals surface area contributed by atoms with Crippen LogP contribution < -0.4 is 5.32 Å². The Bertz CT molecular complexity index is 421. The summed E-state index contributed by atoms with van der Waals surface area (Å²) in [5.41, 5.74) is 0.853. The van der Waals surface area contributed by atoms with Crippen molar-refractivity contribution in [2.24, 2.45) is 5.41 Å². The van der Waals surface area contributed by atoms with Crippen LogP contribution in [0.15, 0.2) is 16.7 Å². The Labute approximate surface area is 118 Å². The SMILES string of the molecule is CCC(C)(C)CNC(=O)c1cc(Br)cn1C(C)C. The van der Waals surface area contributed by atoms with Crippen molar-refractivity contribution >= 4 is 21.8 Å². The third kappa shape index (κ3) is 3.87. The van der Waals surface area contributed by atoms with E-state index in [1.807, 2.05) is 16.8 Å². The maximum Gasteiger partial charge on any atom is 0.267 e. The lowest BCUT2D eigenvalue weighted by Crippen LogP contribution is -2.34. The predicted molar refractivity (Wildman–Crippen MR) is 78.9 cm³/mol. The number of carbonyl (C=O) groups is 1. The molecular formula is C14H23BrN2O. The van der Waals surface area contributed by atoms with Gasteiger partial charge in [-0.25, -0.2) is 0 Å². The van der Waals surface area contributed by atoms with Gasteiger partial charge in [0, 0.05) is 23.3 Å². The van der Waals surface area contributed by atoms with Crippen LogP contribution in [0, 0.1) is 5.41 Å². The number of nitrogens with zero attached hydrogens (tertiary/aromatic N) is 1. The van der Waals surface area contributed by atoms with E-state index in [0.29, 0.717) is 12.2 Å². The maximum atomic E-state index is 12.2. The fraction of sp³-hybridized carbons (Fsp3) is 0.643. The second-order valence-electron chi connectivity index (χ2n) is 5.75. The van der Waals surface area contributed by atoms with Crippen molar-refractivity contribution < 1.29 is 4.79 Å². The molecule has 1 aromatic rings. The monoisotopic (exact) mass is 314 g/mol. The number of aromatic nitrogens is 1. The molecule has 0 aliphatic heterocycles. The Morgan fingerprint density at radius 3 is 2.61 bits per heavy atom. The summed E-state index contributed by atoms with van der Waals surface area (Å²) in [7, 11) is 0. The quantitative estimate of drug-likeness (QED) is 0.875. The molecule has 1 N–H and O–H groups in total. The number of halogens is 1. The van der Waals surface area contributed by atoms with Crippen molar-refractivity contribution in [2.75, 3.05) is 6.54 Å². The zero-order valence-corrected chi connectivity index (χ0v) is 13.5. The molecule has 0 radical (unpaired) electrons. The number of amides is 1. The lowest BCUT2D eigenvalue weighted by molar-refractivity contribution is 0.0925. The summed E-state index contributed by atoms with van der Waals surface area (Å²) in [5, 5.41) is 3.02. The highest BCUT2D eigenvalue weighted by molar-refractivity contribution is 9.10. The minimum Gasteiger partial charge on any atom is -0.350 e. The van der Waals surface area contributed by atoms with E-state index < -0.39 is 0 Å². The van der Waals surface area contributed by atoms with E-state index in [1.54, 1.807) is 0 Å². The largest absolute Gasteiger partial charge is 0.350 e. The van der Waals surface area contributed by atoms with Crippen LogP contribution in [0.3, 0.4) is 0 Å². The molecule has 0 aliphatic carbocycles. The molecule has 102 valence electrons. The average Bonchev–Trinajstić information content (AvgIpc) is 2.68. The van der Waals surface area contributed by atoms with Gasteiger partial charge in [0.2, 0.25) is 0 Å². The van der Waals surface area contributed by atoms with Gasteiger partial charge in [-0.15, -0.1) is 0 Å². The molecule has 0 aliphatic rings. The number of carbonyl (C=O) groups excluding carboxylic acids is 1. The van der Waals surface area contributed by atoms with Gasteiger partial charge in [0.25, 0.3) is 5.91 Å². The zero-order valence-electron chi connectivity index (χ0n) is 11.9. The van der Waals surface area contributed by atoms with Crippen LogP contribution in [0.5, 0.6) is 0 Å². The van der Waals surface area contributed by atoms with E-state index >= 15 is 0 Å². The van der Waals surface area contributed by atoms with E-state index in [1.165, 1.54) is 0 Å². The fourth-order valence-corrected chi connectivity index (χ4v) is 2.03. The van der Waals surface area contributed by atoms with Crippen molar-refractivity contribution in [3.05, 3.63) is 22.4 Å². The first-order chi connectivity index (χ1) is 8.26. The lowest BCUT2D eigenvalue weighted by atomic mass is 9.90. The number of hydrogen-bond donors (Lipinski definition) is 1. The number of nitrogens with one attached hydrogen (secondary N) is 1. The Morgan fingerprint density at radius 2 is 2.11 bits per heavy atom. The first kappa shape index (κ1) is 15.3. The normalized spacial score (nSPS) is 11.9. The Morgan fingerprint density at radius 1 is 1.50 bits per heavy atom. The summed E-state index contributed by atoms with van der Waals surface area (Å²) >= 11 is 3.42. The maximum absolute atomic E-state index is 12.2. The second kappa shape index (κ2) is 5.91. The van der Waals surface area contributed by atoms with Gasteiger partial charge in [-0.3, -0.25) is 4.79 Å². The summed E-state index contributed by atoms with van der Waals surface area (Å²) in [6.45, 7) is 11.3. The summed E-state index contributed by atoms with van der Waals surface area (Å²) in [6.07, 6.45) is 2.99. The van der Waals surface area contributed by atoms with Gasteiger partial charge < -0.3 is 9.88 Å².